The van der Waals surface area contributed by atoms with Gasteiger partial charge < -0.3 is 20.3 Å². The topological polar surface area (TPSA) is 95.9 Å². The molecule has 0 radical (unpaired) electrons. The Kier molecular flexibility index (Phi) is 46.1. The maximum absolute atomic E-state index is 13.2. The third-order valence-electron chi connectivity index (χ3n) is 11.6. The number of carbonyl (C=O) groups excluding carboxylic acids is 2. The zero-order chi connectivity index (χ0) is 43.8. The zero-order valence-electron chi connectivity index (χ0n) is 39.8. The fourth-order valence-electron chi connectivity index (χ4n) is 7.67. The molecule has 0 bridgehead atoms. The second kappa shape index (κ2) is 47.9. The Morgan fingerprint density at radius 1 is 0.483 bits per heavy atom. The molecule has 0 heterocycles. The predicted molar refractivity (Wildman–Crippen MR) is 259 cm³/mol. The van der Waals surface area contributed by atoms with Gasteiger partial charge in [-0.15, -0.1) is 0 Å². The van der Waals surface area contributed by atoms with Gasteiger partial charge in [-0.3, -0.25) is 9.59 Å². The van der Waals surface area contributed by atoms with Crippen LogP contribution in [0.3, 0.4) is 0 Å². The van der Waals surface area contributed by atoms with Crippen LogP contribution in [0.1, 0.15) is 258 Å². The van der Waals surface area contributed by atoms with Gasteiger partial charge in [-0.1, -0.05) is 211 Å². The van der Waals surface area contributed by atoms with Gasteiger partial charge in [0, 0.05) is 6.42 Å². The van der Waals surface area contributed by atoms with Crippen molar-refractivity contribution in [3.63, 3.8) is 0 Å². The summed E-state index contributed by atoms with van der Waals surface area (Å²) in [7, 11) is 0. The summed E-state index contributed by atoms with van der Waals surface area (Å²) in [5, 5.41) is 23.7. The molecule has 0 rings (SSSR count). The molecular formula is C54H99NO5. The minimum atomic E-state index is -0.795. The van der Waals surface area contributed by atoms with Crippen LogP contribution in [0.5, 0.6) is 0 Å². The number of aliphatic hydroxyl groups is 2. The second-order valence-corrected chi connectivity index (χ2v) is 17.6. The van der Waals surface area contributed by atoms with E-state index in [0.29, 0.717) is 19.3 Å². The molecule has 0 spiro atoms. The van der Waals surface area contributed by atoms with Crippen molar-refractivity contribution in [2.75, 3.05) is 6.61 Å². The SMILES string of the molecule is CCCCC/C=C\C/C=C\C/C=C\CCCCCCCCC(=O)OC(CCC/C=C\CCCCCCCCC)CC(=O)NC(CO)C(O)CCCCCCCCCCCC. The van der Waals surface area contributed by atoms with Gasteiger partial charge in [-0.05, 0) is 83.5 Å². The molecule has 0 fully saturated rings. The highest BCUT2D eigenvalue weighted by Crippen LogP contribution is 2.17. The summed E-state index contributed by atoms with van der Waals surface area (Å²) in [5.74, 6) is -0.514. The second-order valence-electron chi connectivity index (χ2n) is 17.6. The summed E-state index contributed by atoms with van der Waals surface area (Å²) >= 11 is 0. The lowest BCUT2D eigenvalue weighted by Gasteiger charge is -2.24. The number of amides is 1. The maximum Gasteiger partial charge on any atom is 0.306 e. The van der Waals surface area contributed by atoms with Crippen LogP contribution in [0.15, 0.2) is 48.6 Å². The van der Waals surface area contributed by atoms with Crippen LogP contribution in [0.25, 0.3) is 0 Å². The van der Waals surface area contributed by atoms with Crippen LogP contribution < -0.4 is 5.32 Å². The Bertz CT molecular complexity index is 1040. The third kappa shape index (κ3) is 42.5. The van der Waals surface area contributed by atoms with Crippen molar-refractivity contribution in [2.45, 2.75) is 277 Å². The Balaban J connectivity index is 4.57. The van der Waals surface area contributed by atoms with Gasteiger partial charge in [0.15, 0.2) is 0 Å². The highest BCUT2D eigenvalue weighted by Gasteiger charge is 2.24. The lowest BCUT2D eigenvalue weighted by Crippen LogP contribution is -2.46. The van der Waals surface area contributed by atoms with E-state index < -0.39 is 18.2 Å². The minimum Gasteiger partial charge on any atom is -0.462 e. The quantitative estimate of drug-likeness (QED) is 0.0322. The number of aliphatic hydroxyl groups excluding tert-OH is 2. The van der Waals surface area contributed by atoms with Crippen molar-refractivity contribution in [3.8, 4) is 0 Å². The van der Waals surface area contributed by atoms with E-state index in [1.807, 2.05) is 0 Å². The Morgan fingerprint density at radius 2 is 0.867 bits per heavy atom. The summed E-state index contributed by atoms with van der Waals surface area (Å²) in [6.45, 7) is 6.43. The van der Waals surface area contributed by atoms with Gasteiger partial charge in [-0.2, -0.15) is 0 Å². The van der Waals surface area contributed by atoms with Crippen molar-refractivity contribution >= 4 is 11.9 Å². The van der Waals surface area contributed by atoms with E-state index in [-0.39, 0.29) is 24.9 Å². The Hall–Kier alpha value is -2.18. The first-order valence-corrected chi connectivity index (χ1v) is 25.9. The first kappa shape index (κ1) is 57.8. The smallest absolute Gasteiger partial charge is 0.306 e. The number of rotatable bonds is 46. The number of carbonyl (C=O) groups is 2. The molecule has 350 valence electrons. The van der Waals surface area contributed by atoms with Crippen LogP contribution in [0.2, 0.25) is 0 Å². The first-order chi connectivity index (χ1) is 29.5. The molecule has 3 atom stereocenters. The number of unbranched alkanes of at least 4 members (excludes halogenated alkanes) is 26. The first-order valence-electron chi connectivity index (χ1n) is 25.9. The third-order valence-corrected chi connectivity index (χ3v) is 11.6. The van der Waals surface area contributed by atoms with E-state index in [0.717, 1.165) is 77.0 Å². The van der Waals surface area contributed by atoms with Crippen molar-refractivity contribution < 1.29 is 24.5 Å². The predicted octanol–water partition coefficient (Wildman–Crippen LogP) is 15.5. The molecule has 0 saturated heterocycles. The summed E-state index contributed by atoms with van der Waals surface area (Å²) in [5.41, 5.74) is 0. The van der Waals surface area contributed by atoms with Crippen LogP contribution in [0, 0.1) is 0 Å². The summed E-state index contributed by atoms with van der Waals surface area (Å²) in [6, 6.07) is -0.711. The number of hydrogen-bond acceptors (Lipinski definition) is 5. The Labute approximate surface area is 372 Å². The molecule has 1 amide bonds. The molecule has 3 unspecified atom stereocenters. The molecule has 0 aromatic heterocycles. The molecule has 0 aromatic rings. The number of hydrogen-bond donors (Lipinski definition) is 3. The van der Waals surface area contributed by atoms with E-state index >= 15 is 0 Å². The molecule has 0 aliphatic carbocycles. The van der Waals surface area contributed by atoms with Crippen LogP contribution in [-0.4, -0.2) is 46.9 Å². The molecule has 0 aliphatic rings. The van der Waals surface area contributed by atoms with Crippen molar-refractivity contribution in [2.24, 2.45) is 0 Å². The number of allylic oxidation sites excluding steroid dienone is 8. The fourth-order valence-corrected chi connectivity index (χ4v) is 7.67. The number of nitrogens with one attached hydrogen (secondary N) is 1. The Morgan fingerprint density at radius 3 is 1.37 bits per heavy atom. The highest BCUT2D eigenvalue weighted by molar-refractivity contribution is 5.77. The number of ether oxygens (including phenoxy) is 1. The molecule has 60 heavy (non-hydrogen) atoms. The fraction of sp³-hybridized carbons (Fsp3) is 0.815. The minimum absolute atomic E-state index is 0.0518. The standard InChI is InChI=1S/C54H99NO5/c1-4-7-10-13-16-19-22-24-25-26-27-28-29-30-32-35-38-41-44-47-54(59)60-50(45-42-39-36-33-31-23-20-17-14-11-8-5-2)48-53(58)55-51(49-56)52(57)46-43-40-37-34-21-18-15-12-9-6-3/h16,19,24-25,27-28,33,36,50-52,56-57H,4-15,17-18,20-23,26,29-32,34-35,37-49H2,1-3H3,(H,55,58)/b19-16-,25-24-,28-27-,36-33-. The molecule has 0 saturated carbocycles. The highest BCUT2D eigenvalue weighted by atomic mass is 16.5. The van der Waals surface area contributed by atoms with Crippen molar-refractivity contribution in [3.05, 3.63) is 48.6 Å². The van der Waals surface area contributed by atoms with Gasteiger partial charge >= 0.3 is 5.97 Å². The van der Waals surface area contributed by atoms with Crippen molar-refractivity contribution in [1.29, 1.82) is 0 Å². The van der Waals surface area contributed by atoms with Crippen molar-refractivity contribution in [1.82, 2.24) is 5.32 Å². The van der Waals surface area contributed by atoms with E-state index in [9.17, 15) is 19.8 Å². The molecule has 0 aromatic carbocycles. The normalized spacial score (nSPS) is 13.6. The summed E-state index contributed by atoms with van der Waals surface area (Å²) in [6.07, 6.45) is 57.5. The average molecular weight is 842 g/mol. The van der Waals surface area contributed by atoms with E-state index in [1.165, 1.54) is 135 Å². The van der Waals surface area contributed by atoms with E-state index in [4.69, 9.17) is 4.74 Å². The lowest BCUT2D eigenvalue weighted by atomic mass is 10.0. The van der Waals surface area contributed by atoms with Gasteiger partial charge in [0.1, 0.15) is 6.10 Å². The summed E-state index contributed by atoms with van der Waals surface area (Å²) in [4.78, 5) is 26.1. The van der Waals surface area contributed by atoms with Gasteiger partial charge in [0.05, 0.1) is 25.2 Å². The van der Waals surface area contributed by atoms with Gasteiger partial charge in [0.2, 0.25) is 5.91 Å². The van der Waals surface area contributed by atoms with Gasteiger partial charge in [-0.25, -0.2) is 0 Å². The summed E-state index contributed by atoms with van der Waals surface area (Å²) < 4.78 is 5.91. The van der Waals surface area contributed by atoms with Crippen LogP contribution in [-0.2, 0) is 14.3 Å². The zero-order valence-corrected chi connectivity index (χ0v) is 39.8. The monoisotopic (exact) mass is 842 g/mol. The lowest BCUT2D eigenvalue weighted by molar-refractivity contribution is -0.151. The molecule has 0 aliphatic heterocycles. The van der Waals surface area contributed by atoms with Crippen LogP contribution >= 0.6 is 0 Å². The number of esters is 1. The molecule has 6 nitrogen and oxygen atoms in total. The maximum atomic E-state index is 13.2. The van der Waals surface area contributed by atoms with Crippen LogP contribution in [0.4, 0.5) is 0 Å². The van der Waals surface area contributed by atoms with E-state index in [1.54, 1.807) is 0 Å². The van der Waals surface area contributed by atoms with E-state index in [2.05, 4.69) is 74.7 Å². The average Bonchev–Trinajstić information content (AvgIpc) is 3.24. The van der Waals surface area contributed by atoms with Gasteiger partial charge in [0.25, 0.3) is 0 Å². The largest absolute Gasteiger partial charge is 0.462 e. The molecule has 3 N–H and O–H groups in total. The molecule has 6 heteroatoms. The molecular weight excluding hydrogens is 743 g/mol.